The molecular formula is C39H30N2OS. The van der Waals surface area contributed by atoms with Crippen molar-refractivity contribution in [2.24, 2.45) is 0 Å². The van der Waals surface area contributed by atoms with Crippen LogP contribution in [0.2, 0.25) is 0 Å². The fourth-order valence-electron chi connectivity index (χ4n) is 5.76. The summed E-state index contributed by atoms with van der Waals surface area (Å²) in [5.74, 6) is 0. The van der Waals surface area contributed by atoms with Crippen molar-refractivity contribution in [1.29, 1.82) is 0 Å². The Morgan fingerprint density at radius 3 is 1.53 bits per heavy atom. The van der Waals surface area contributed by atoms with E-state index in [9.17, 15) is 4.79 Å². The van der Waals surface area contributed by atoms with Gasteiger partial charge in [0, 0.05) is 50.0 Å². The van der Waals surface area contributed by atoms with Crippen molar-refractivity contribution in [1.82, 2.24) is 0 Å². The molecule has 7 rings (SSSR count). The highest BCUT2D eigenvalue weighted by Gasteiger charge is 2.22. The zero-order chi connectivity index (χ0) is 29.0. The zero-order valence-electron chi connectivity index (χ0n) is 23.6. The number of anilines is 5. The highest BCUT2D eigenvalue weighted by atomic mass is 32.1. The Hall–Kier alpha value is -5.19. The first-order chi connectivity index (χ1) is 21.3. The summed E-state index contributed by atoms with van der Waals surface area (Å²) in [6, 6.07) is 47.6. The van der Waals surface area contributed by atoms with Gasteiger partial charge in [-0.3, -0.25) is 4.79 Å². The molecule has 1 aliphatic rings. The van der Waals surface area contributed by atoms with Crippen LogP contribution < -0.4 is 15.2 Å². The monoisotopic (exact) mass is 574 g/mol. The van der Waals surface area contributed by atoms with Crippen LogP contribution in [0.4, 0.5) is 28.4 Å². The molecule has 0 spiro atoms. The Balaban J connectivity index is 1.44. The first-order valence-electron chi connectivity index (χ1n) is 14.5. The molecule has 43 heavy (non-hydrogen) atoms. The minimum Gasteiger partial charge on any atom is -0.314 e. The molecule has 0 saturated heterocycles. The molecule has 1 aliphatic carbocycles. The molecule has 1 aromatic heterocycles. The number of rotatable bonds is 6. The first kappa shape index (κ1) is 26.7. The van der Waals surface area contributed by atoms with Crippen LogP contribution in [-0.2, 0) is 6.42 Å². The maximum atomic E-state index is 14.5. The number of hydrogen-bond donors (Lipinski definition) is 0. The molecule has 1 heterocycles. The number of para-hydroxylation sites is 4. The Labute approximate surface area is 255 Å². The van der Waals surface area contributed by atoms with Crippen molar-refractivity contribution in [3.63, 3.8) is 0 Å². The van der Waals surface area contributed by atoms with Gasteiger partial charge in [0.05, 0.1) is 11.1 Å². The van der Waals surface area contributed by atoms with E-state index >= 15 is 0 Å². The molecule has 0 saturated carbocycles. The normalized spacial score (nSPS) is 13.8. The average Bonchev–Trinajstić information content (AvgIpc) is 3.05. The van der Waals surface area contributed by atoms with E-state index in [1.165, 1.54) is 0 Å². The van der Waals surface area contributed by atoms with Crippen LogP contribution in [-0.4, -0.2) is 0 Å². The Bertz CT molecular complexity index is 1900. The maximum Gasteiger partial charge on any atom is 0.194 e. The van der Waals surface area contributed by atoms with E-state index in [0.717, 1.165) is 61.1 Å². The fourth-order valence-corrected chi connectivity index (χ4v) is 6.94. The van der Waals surface area contributed by atoms with Gasteiger partial charge in [-0.05, 0) is 73.2 Å². The van der Waals surface area contributed by atoms with E-state index in [1.54, 1.807) is 11.3 Å². The largest absolute Gasteiger partial charge is 0.314 e. The van der Waals surface area contributed by atoms with Crippen LogP contribution in [0.1, 0.15) is 16.9 Å². The number of allylic oxidation sites excluding steroid dienone is 2. The lowest BCUT2D eigenvalue weighted by Gasteiger charge is -2.28. The Morgan fingerprint density at radius 2 is 1.00 bits per heavy atom. The minimum absolute atomic E-state index is 0.0873. The fraction of sp³-hybridized carbons (Fsp3) is 0.0513. The van der Waals surface area contributed by atoms with Gasteiger partial charge >= 0.3 is 0 Å². The Morgan fingerprint density at radius 1 is 0.512 bits per heavy atom. The van der Waals surface area contributed by atoms with E-state index in [1.807, 2.05) is 48.5 Å². The summed E-state index contributed by atoms with van der Waals surface area (Å²) in [5, 5.41) is 0.755. The van der Waals surface area contributed by atoms with Gasteiger partial charge in [0.1, 0.15) is 0 Å². The summed E-state index contributed by atoms with van der Waals surface area (Å²) in [5.41, 5.74) is 7.14. The molecule has 0 aliphatic heterocycles. The van der Waals surface area contributed by atoms with Gasteiger partial charge in [-0.2, -0.15) is 0 Å². The summed E-state index contributed by atoms with van der Waals surface area (Å²) in [6.07, 6.45) is 7.93. The second kappa shape index (κ2) is 12.0. The van der Waals surface area contributed by atoms with Crippen molar-refractivity contribution in [2.75, 3.05) is 9.80 Å². The van der Waals surface area contributed by atoms with Gasteiger partial charge in [0.2, 0.25) is 0 Å². The molecule has 4 heteroatoms. The van der Waals surface area contributed by atoms with Crippen molar-refractivity contribution in [3.05, 3.63) is 178 Å². The smallest absolute Gasteiger partial charge is 0.194 e. The molecule has 0 atom stereocenters. The van der Waals surface area contributed by atoms with E-state index in [4.69, 9.17) is 0 Å². The summed E-state index contributed by atoms with van der Waals surface area (Å²) < 4.78 is 0.976. The predicted molar refractivity (Wildman–Crippen MR) is 183 cm³/mol. The summed E-state index contributed by atoms with van der Waals surface area (Å²) in [6.45, 7) is 0. The SMILES string of the molecule is O=c1c2c(sc3cccc(N(c4ccccc4)c4ccccc4)c13)/C=C(/N(c1ccccc1)c1ccccc1)CC=CC2. The number of nitrogens with zero attached hydrogens (tertiary/aromatic N) is 2. The van der Waals surface area contributed by atoms with Crippen molar-refractivity contribution < 1.29 is 0 Å². The number of hydrogen-bond acceptors (Lipinski definition) is 4. The molecule has 5 aromatic carbocycles. The lowest BCUT2D eigenvalue weighted by molar-refractivity contribution is 1.07. The summed E-state index contributed by atoms with van der Waals surface area (Å²) in [7, 11) is 0. The summed E-state index contributed by atoms with van der Waals surface area (Å²) in [4.78, 5) is 20.0. The van der Waals surface area contributed by atoms with Crippen LogP contribution in [0.3, 0.4) is 0 Å². The van der Waals surface area contributed by atoms with E-state index < -0.39 is 0 Å². The number of fused-ring (bicyclic) bond motifs is 2. The van der Waals surface area contributed by atoms with Crippen LogP contribution >= 0.6 is 11.3 Å². The maximum absolute atomic E-state index is 14.5. The molecule has 6 aromatic rings. The number of benzene rings is 5. The molecule has 3 nitrogen and oxygen atoms in total. The average molecular weight is 575 g/mol. The topological polar surface area (TPSA) is 23.6 Å². The standard InChI is InChI=1S/C39H30N2OS/c42-39-34-25-14-13-24-33(40(29-16-5-1-6-17-29)30-18-7-2-8-19-30)28-37(34)43-36-27-15-26-35(38(36)39)41(31-20-9-3-10-21-31)32-22-11-4-12-23-32/h1-23,26-28H,24-25H2/b14-13?,33-28+. The van der Waals surface area contributed by atoms with E-state index in [-0.39, 0.29) is 5.43 Å². The van der Waals surface area contributed by atoms with Crippen LogP contribution in [0.15, 0.2) is 162 Å². The second-order valence-electron chi connectivity index (χ2n) is 10.5. The van der Waals surface area contributed by atoms with Gasteiger partial charge in [-0.15, -0.1) is 11.3 Å². The highest BCUT2D eigenvalue weighted by molar-refractivity contribution is 7.19. The highest BCUT2D eigenvalue weighted by Crippen LogP contribution is 2.40. The van der Waals surface area contributed by atoms with Gasteiger partial charge in [-0.25, -0.2) is 0 Å². The quantitative estimate of drug-likeness (QED) is 0.185. The predicted octanol–water partition coefficient (Wildman–Crippen LogP) is 10.4. The van der Waals surface area contributed by atoms with E-state index in [0.29, 0.717) is 6.42 Å². The lowest BCUT2D eigenvalue weighted by atomic mass is 10.0. The third-order valence-electron chi connectivity index (χ3n) is 7.72. The first-order valence-corrected chi connectivity index (χ1v) is 15.3. The molecule has 0 N–H and O–H groups in total. The zero-order valence-corrected chi connectivity index (χ0v) is 24.5. The van der Waals surface area contributed by atoms with Crippen LogP contribution in [0.25, 0.3) is 16.2 Å². The molecule has 208 valence electrons. The van der Waals surface area contributed by atoms with Crippen LogP contribution in [0, 0.1) is 0 Å². The molecule has 0 radical (unpaired) electrons. The third-order valence-corrected chi connectivity index (χ3v) is 8.87. The van der Waals surface area contributed by atoms with Gasteiger partial charge < -0.3 is 9.80 Å². The second-order valence-corrected chi connectivity index (χ2v) is 11.5. The third kappa shape index (κ3) is 5.29. The van der Waals surface area contributed by atoms with Crippen molar-refractivity contribution in [2.45, 2.75) is 12.8 Å². The summed E-state index contributed by atoms with van der Waals surface area (Å²) >= 11 is 1.70. The van der Waals surface area contributed by atoms with Crippen molar-refractivity contribution >= 4 is 55.9 Å². The molecular weight excluding hydrogens is 545 g/mol. The van der Waals surface area contributed by atoms with E-state index in [2.05, 4.69) is 119 Å². The molecule has 0 bridgehead atoms. The van der Waals surface area contributed by atoms with Crippen molar-refractivity contribution in [3.8, 4) is 0 Å². The van der Waals surface area contributed by atoms with Gasteiger partial charge in [0.15, 0.2) is 5.43 Å². The Kier molecular flexibility index (Phi) is 7.43. The molecule has 0 unspecified atom stereocenters. The van der Waals surface area contributed by atoms with Gasteiger partial charge in [0.25, 0.3) is 0 Å². The van der Waals surface area contributed by atoms with Gasteiger partial charge in [-0.1, -0.05) is 91.0 Å². The minimum atomic E-state index is 0.0873. The molecule has 0 fully saturated rings. The lowest BCUT2D eigenvalue weighted by Crippen LogP contribution is -2.19. The van der Waals surface area contributed by atoms with Crippen LogP contribution in [0.5, 0.6) is 0 Å². The molecule has 0 amide bonds.